The molecule has 4 atom stereocenters. The van der Waals surface area contributed by atoms with Crippen LogP contribution >= 0.6 is 11.6 Å². The fourth-order valence-corrected chi connectivity index (χ4v) is 8.68. The van der Waals surface area contributed by atoms with Crippen molar-refractivity contribution in [1.29, 1.82) is 0 Å². The number of pyridine rings is 1. The Labute approximate surface area is 295 Å². The largest absolute Gasteiger partial charge is 0.461 e. The van der Waals surface area contributed by atoms with Crippen molar-refractivity contribution in [3.8, 4) is 29.1 Å². The number of alkyl halides is 1. The van der Waals surface area contributed by atoms with Gasteiger partial charge >= 0.3 is 6.01 Å². The molecule has 4 aliphatic rings. The maximum atomic E-state index is 16.8. The molecule has 2 aromatic heterocycles. The van der Waals surface area contributed by atoms with E-state index in [1.54, 1.807) is 23.2 Å². The van der Waals surface area contributed by atoms with Crippen LogP contribution < -0.4 is 9.64 Å². The Kier molecular flexibility index (Phi) is 8.74. The Hall–Kier alpha value is -4.11. The normalized spacial score (nSPS) is 25.3. The van der Waals surface area contributed by atoms with Gasteiger partial charge in [0.15, 0.2) is 5.82 Å². The summed E-state index contributed by atoms with van der Waals surface area (Å²) in [5.74, 6) is 5.93. The molecule has 12 heteroatoms. The van der Waals surface area contributed by atoms with Crippen LogP contribution in [0.25, 0.3) is 32.9 Å². The van der Waals surface area contributed by atoms with Gasteiger partial charge in [0, 0.05) is 73.8 Å². The molecule has 9 nitrogen and oxygen atoms in total. The molecule has 0 saturated carbocycles. The van der Waals surface area contributed by atoms with Gasteiger partial charge in [0.1, 0.15) is 29.8 Å². The van der Waals surface area contributed by atoms with Crippen LogP contribution in [0.2, 0.25) is 5.02 Å². The number of halogens is 3. The van der Waals surface area contributed by atoms with E-state index in [9.17, 15) is 9.18 Å². The van der Waals surface area contributed by atoms with Crippen LogP contribution in [0.1, 0.15) is 32.1 Å². The standard InChI is InChI=1S/C38H40ClF2N7O2/c1-45-16-12-24(20-45)10-11-31(49)47-17-13-27(22-47)46(2)36-29-19-42-34(28-8-3-6-25-7-4-9-30(39)32(25)28)33(41)35(29)43-37(44-36)50-23-38-14-5-15-48(38)21-26(40)18-38/h3-4,6-9,19,24,26-27H,5,12-18,20-23H2,1-2H3/t24?,26-,27-,38+/m1/s1. The molecule has 4 aromatic rings. The number of nitrogens with zero attached hydrogens (tertiary/aromatic N) is 7. The lowest BCUT2D eigenvalue weighted by Gasteiger charge is -2.31. The number of amides is 1. The number of carbonyl (C=O) groups is 1. The summed E-state index contributed by atoms with van der Waals surface area (Å²) in [5, 5.41) is 2.49. The zero-order chi connectivity index (χ0) is 34.6. The summed E-state index contributed by atoms with van der Waals surface area (Å²) in [5.41, 5.74) is 0.321. The smallest absolute Gasteiger partial charge is 0.319 e. The predicted molar refractivity (Wildman–Crippen MR) is 191 cm³/mol. The summed E-state index contributed by atoms with van der Waals surface area (Å²) in [6, 6.07) is 11.1. The molecule has 50 heavy (non-hydrogen) atoms. The third-order valence-electron chi connectivity index (χ3n) is 11.1. The number of hydrogen-bond acceptors (Lipinski definition) is 8. The zero-order valence-corrected chi connectivity index (χ0v) is 29.1. The Balaban J connectivity index is 1.14. The minimum absolute atomic E-state index is 0.0215. The molecule has 4 saturated heterocycles. The number of rotatable bonds is 6. The van der Waals surface area contributed by atoms with Crippen LogP contribution in [0.3, 0.4) is 0 Å². The van der Waals surface area contributed by atoms with Gasteiger partial charge in [-0.1, -0.05) is 47.9 Å². The molecular formula is C38H40ClF2N7O2. The van der Waals surface area contributed by atoms with E-state index in [0.717, 1.165) is 44.3 Å². The minimum Gasteiger partial charge on any atom is -0.461 e. The van der Waals surface area contributed by atoms with Crippen molar-refractivity contribution in [3.05, 3.63) is 53.4 Å². The van der Waals surface area contributed by atoms with Gasteiger partial charge in [-0.05, 0) is 63.2 Å². The second-order valence-electron chi connectivity index (χ2n) is 14.3. The molecule has 1 amide bonds. The second-order valence-corrected chi connectivity index (χ2v) is 14.7. The number of benzene rings is 2. The molecule has 6 heterocycles. The van der Waals surface area contributed by atoms with E-state index < -0.39 is 17.5 Å². The van der Waals surface area contributed by atoms with Crippen molar-refractivity contribution in [1.82, 2.24) is 29.7 Å². The quantitative estimate of drug-likeness (QED) is 0.242. The summed E-state index contributed by atoms with van der Waals surface area (Å²) in [4.78, 5) is 35.3. The zero-order valence-electron chi connectivity index (χ0n) is 28.3. The van der Waals surface area contributed by atoms with Gasteiger partial charge in [-0.25, -0.2) is 8.78 Å². The molecule has 1 unspecified atom stereocenters. The van der Waals surface area contributed by atoms with Gasteiger partial charge in [0.2, 0.25) is 0 Å². The lowest BCUT2D eigenvalue weighted by molar-refractivity contribution is -0.124. The summed E-state index contributed by atoms with van der Waals surface area (Å²) in [7, 11) is 3.96. The Bertz CT molecular complexity index is 2030. The Morgan fingerprint density at radius 2 is 1.96 bits per heavy atom. The monoisotopic (exact) mass is 699 g/mol. The third-order valence-corrected chi connectivity index (χ3v) is 11.4. The Morgan fingerprint density at radius 3 is 2.78 bits per heavy atom. The van der Waals surface area contributed by atoms with E-state index in [1.807, 2.05) is 36.2 Å². The second kappa shape index (κ2) is 13.2. The molecule has 8 rings (SSSR count). The topological polar surface area (TPSA) is 77.9 Å². The highest BCUT2D eigenvalue weighted by atomic mass is 35.5. The first-order valence-electron chi connectivity index (χ1n) is 17.5. The number of aromatic nitrogens is 3. The first kappa shape index (κ1) is 33.1. The number of carbonyl (C=O) groups excluding carboxylic acids is 1. The number of hydrogen-bond donors (Lipinski definition) is 0. The van der Waals surface area contributed by atoms with Gasteiger partial charge in [-0.15, -0.1) is 0 Å². The number of anilines is 1. The highest BCUT2D eigenvalue weighted by Gasteiger charge is 2.49. The lowest BCUT2D eigenvalue weighted by atomic mass is 9.95. The SMILES string of the molecule is CN1CCC(C#CC(=O)N2CC[C@@H](N(C)c3nc(OC[C@@]45CCCN4C[C@H](F)C5)nc4c(F)c(-c5cccc6cccc(Cl)c56)ncc34)C2)C1. The lowest BCUT2D eigenvalue weighted by Crippen LogP contribution is -2.43. The highest BCUT2D eigenvalue weighted by molar-refractivity contribution is 6.36. The van der Waals surface area contributed by atoms with E-state index >= 15 is 4.39 Å². The first-order chi connectivity index (χ1) is 24.2. The minimum atomic E-state index is -0.908. The van der Waals surface area contributed by atoms with E-state index in [0.29, 0.717) is 59.7 Å². The van der Waals surface area contributed by atoms with Crippen LogP contribution in [-0.2, 0) is 4.79 Å². The van der Waals surface area contributed by atoms with Gasteiger partial charge in [-0.3, -0.25) is 14.7 Å². The molecule has 0 aliphatic carbocycles. The fraction of sp³-hybridized carbons (Fsp3) is 0.474. The first-order valence-corrected chi connectivity index (χ1v) is 17.8. The van der Waals surface area contributed by atoms with Crippen LogP contribution in [-0.4, -0.2) is 113 Å². The van der Waals surface area contributed by atoms with Crippen molar-refractivity contribution >= 4 is 45.0 Å². The fourth-order valence-electron chi connectivity index (χ4n) is 8.39. The average Bonchev–Trinajstić information content (AvgIpc) is 3.91. The number of likely N-dealkylation sites (tertiary alicyclic amines) is 2. The Morgan fingerprint density at radius 1 is 1.12 bits per heavy atom. The molecule has 2 aromatic carbocycles. The van der Waals surface area contributed by atoms with Crippen molar-refractivity contribution in [2.75, 3.05) is 64.9 Å². The number of ether oxygens (including phenoxy) is 1. The van der Waals surface area contributed by atoms with Crippen LogP contribution in [0, 0.1) is 23.6 Å². The molecule has 0 radical (unpaired) electrons. The van der Waals surface area contributed by atoms with Gasteiger partial charge in [0.05, 0.1) is 10.9 Å². The van der Waals surface area contributed by atoms with Crippen molar-refractivity contribution in [2.24, 2.45) is 5.92 Å². The maximum absolute atomic E-state index is 16.8. The van der Waals surface area contributed by atoms with Crippen molar-refractivity contribution in [3.63, 3.8) is 0 Å². The predicted octanol–water partition coefficient (Wildman–Crippen LogP) is 5.58. The summed E-state index contributed by atoms with van der Waals surface area (Å²) in [6.45, 7) is 4.31. The number of fused-ring (bicyclic) bond motifs is 3. The molecule has 4 aliphatic heterocycles. The molecular weight excluding hydrogens is 660 g/mol. The summed E-state index contributed by atoms with van der Waals surface area (Å²) < 4.78 is 37.7. The average molecular weight is 700 g/mol. The summed E-state index contributed by atoms with van der Waals surface area (Å²) in [6.07, 6.45) is 4.54. The van der Waals surface area contributed by atoms with Crippen LogP contribution in [0.4, 0.5) is 14.6 Å². The third kappa shape index (κ3) is 6.01. The van der Waals surface area contributed by atoms with Gasteiger partial charge in [0.25, 0.3) is 5.91 Å². The van der Waals surface area contributed by atoms with E-state index in [-0.39, 0.29) is 41.7 Å². The maximum Gasteiger partial charge on any atom is 0.319 e. The van der Waals surface area contributed by atoms with E-state index in [4.69, 9.17) is 21.3 Å². The van der Waals surface area contributed by atoms with Crippen molar-refractivity contribution < 1.29 is 18.3 Å². The molecule has 0 bridgehead atoms. The van der Waals surface area contributed by atoms with Crippen LogP contribution in [0.15, 0.2) is 42.6 Å². The number of likely N-dealkylation sites (N-methyl/N-ethyl adjacent to an activating group) is 1. The molecule has 0 spiro atoms. The molecule has 4 fully saturated rings. The summed E-state index contributed by atoms with van der Waals surface area (Å²) >= 11 is 6.63. The van der Waals surface area contributed by atoms with E-state index in [2.05, 4.69) is 38.7 Å². The van der Waals surface area contributed by atoms with Crippen LogP contribution in [0.5, 0.6) is 6.01 Å². The van der Waals surface area contributed by atoms with Gasteiger partial charge in [-0.2, -0.15) is 9.97 Å². The van der Waals surface area contributed by atoms with E-state index in [1.165, 1.54) is 0 Å². The van der Waals surface area contributed by atoms with Gasteiger partial charge < -0.3 is 19.4 Å². The molecule has 260 valence electrons. The molecule has 0 N–H and O–H groups in total. The van der Waals surface area contributed by atoms with Crippen molar-refractivity contribution in [2.45, 2.75) is 49.9 Å². The highest BCUT2D eigenvalue weighted by Crippen LogP contribution is 2.41.